The van der Waals surface area contributed by atoms with Gasteiger partial charge in [0, 0.05) is 0 Å². The highest BCUT2D eigenvalue weighted by Gasteiger charge is 2.18. The Balaban J connectivity index is 2.21. The van der Waals surface area contributed by atoms with Crippen LogP contribution in [0.2, 0.25) is 5.02 Å². The van der Waals surface area contributed by atoms with Gasteiger partial charge in [0.2, 0.25) is 0 Å². The Labute approximate surface area is 125 Å². The lowest BCUT2D eigenvalue weighted by Crippen LogP contribution is -2.33. The average molecular weight is 309 g/mol. The highest BCUT2D eigenvalue weighted by molar-refractivity contribution is 6.60. The molecule has 0 aromatic heterocycles. The van der Waals surface area contributed by atoms with Crippen molar-refractivity contribution in [3.05, 3.63) is 58.4 Å². The van der Waals surface area contributed by atoms with Crippen molar-refractivity contribution < 1.29 is 24.0 Å². The van der Waals surface area contributed by atoms with Gasteiger partial charge in [-0.25, -0.2) is 4.39 Å². The zero-order chi connectivity index (χ0) is 15.4. The van der Waals surface area contributed by atoms with Gasteiger partial charge in [-0.3, -0.25) is 4.79 Å². The molecule has 0 aliphatic carbocycles. The maximum Gasteiger partial charge on any atom is 0.489 e. The summed E-state index contributed by atoms with van der Waals surface area (Å²) in [6.07, 6.45) is 0.479. The average Bonchev–Trinajstić information content (AvgIpc) is 2.47. The Morgan fingerprint density at radius 1 is 1.29 bits per heavy atom. The van der Waals surface area contributed by atoms with Crippen LogP contribution in [0.5, 0.6) is 5.75 Å². The van der Waals surface area contributed by atoms with E-state index in [1.165, 1.54) is 30.3 Å². The third-order valence-electron chi connectivity index (χ3n) is 2.87. The molecule has 0 spiro atoms. The van der Waals surface area contributed by atoms with E-state index < -0.39 is 12.9 Å². The fourth-order valence-electron chi connectivity index (χ4n) is 1.83. The van der Waals surface area contributed by atoms with Crippen LogP contribution in [-0.2, 0) is 6.61 Å². The Hall–Kier alpha value is -1.89. The second-order valence-electron chi connectivity index (χ2n) is 4.29. The summed E-state index contributed by atoms with van der Waals surface area (Å²) < 4.78 is 18.7. The van der Waals surface area contributed by atoms with Crippen LogP contribution in [0.4, 0.5) is 4.39 Å². The Kier molecular flexibility index (Phi) is 4.96. The standard InChI is InChI=1S/C14H11BClFO4/c16-12-5-4-9(6-13(12)17)8-21-14-3-1-2-11(15(19)20)10(14)7-18/h1-7,19-20H,8H2. The van der Waals surface area contributed by atoms with Gasteiger partial charge < -0.3 is 14.8 Å². The van der Waals surface area contributed by atoms with E-state index in [1.807, 2.05) is 0 Å². The lowest BCUT2D eigenvalue weighted by Gasteiger charge is -2.12. The molecule has 7 heteroatoms. The monoisotopic (exact) mass is 308 g/mol. The number of benzene rings is 2. The molecule has 0 saturated heterocycles. The summed E-state index contributed by atoms with van der Waals surface area (Å²) in [6.45, 7) is 0.0138. The van der Waals surface area contributed by atoms with Gasteiger partial charge in [-0.2, -0.15) is 0 Å². The molecule has 0 heterocycles. The van der Waals surface area contributed by atoms with Crippen LogP contribution in [0, 0.1) is 5.82 Å². The first kappa shape index (κ1) is 15.5. The first-order valence-corrected chi connectivity index (χ1v) is 6.41. The summed E-state index contributed by atoms with van der Waals surface area (Å²) in [5.74, 6) is -0.376. The molecule has 4 nitrogen and oxygen atoms in total. The predicted molar refractivity (Wildman–Crippen MR) is 77.4 cm³/mol. The van der Waals surface area contributed by atoms with Crippen LogP contribution in [0.1, 0.15) is 15.9 Å². The van der Waals surface area contributed by atoms with E-state index in [0.29, 0.717) is 11.8 Å². The highest BCUT2D eigenvalue weighted by Crippen LogP contribution is 2.19. The number of ether oxygens (including phenoxy) is 1. The van der Waals surface area contributed by atoms with E-state index in [9.17, 15) is 19.2 Å². The van der Waals surface area contributed by atoms with Gasteiger partial charge in [-0.05, 0) is 29.2 Å². The molecule has 0 unspecified atom stereocenters. The second-order valence-corrected chi connectivity index (χ2v) is 4.69. The van der Waals surface area contributed by atoms with Crippen molar-refractivity contribution in [2.24, 2.45) is 0 Å². The molecule has 0 bridgehead atoms. The van der Waals surface area contributed by atoms with E-state index >= 15 is 0 Å². The lowest BCUT2D eigenvalue weighted by molar-refractivity contribution is 0.111. The number of hydrogen-bond acceptors (Lipinski definition) is 4. The molecule has 0 amide bonds. The highest BCUT2D eigenvalue weighted by atomic mass is 35.5. The van der Waals surface area contributed by atoms with Crippen molar-refractivity contribution in [3.63, 3.8) is 0 Å². The molecule has 21 heavy (non-hydrogen) atoms. The molecule has 108 valence electrons. The number of halogens is 2. The molecule has 0 radical (unpaired) electrons. The molecular formula is C14H11BClFO4. The van der Waals surface area contributed by atoms with Gasteiger partial charge in [0.25, 0.3) is 0 Å². The van der Waals surface area contributed by atoms with Crippen molar-refractivity contribution in [3.8, 4) is 5.75 Å². The number of carbonyl (C=O) groups excluding carboxylic acids is 1. The van der Waals surface area contributed by atoms with Crippen molar-refractivity contribution in [2.75, 3.05) is 0 Å². The van der Waals surface area contributed by atoms with Crippen LogP contribution in [0.3, 0.4) is 0 Å². The molecule has 2 N–H and O–H groups in total. The summed E-state index contributed by atoms with van der Waals surface area (Å²) in [5, 5.41) is 18.4. The van der Waals surface area contributed by atoms with Gasteiger partial charge in [0.1, 0.15) is 18.2 Å². The van der Waals surface area contributed by atoms with Crippen LogP contribution in [0.15, 0.2) is 36.4 Å². The van der Waals surface area contributed by atoms with Crippen LogP contribution in [0.25, 0.3) is 0 Å². The number of aldehydes is 1. The topological polar surface area (TPSA) is 66.8 Å². The summed E-state index contributed by atoms with van der Waals surface area (Å²) in [6, 6.07) is 8.68. The van der Waals surface area contributed by atoms with Gasteiger partial charge in [-0.15, -0.1) is 0 Å². The second kappa shape index (κ2) is 6.71. The van der Waals surface area contributed by atoms with E-state index in [1.54, 1.807) is 6.07 Å². The summed E-state index contributed by atoms with van der Waals surface area (Å²) in [5.41, 5.74) is 0.621. The van der Waals surface area contributed by atoms with Crippen molar-refractivity contribution >= 4 is 30.5 Å². The molecule has 2 rings (SSSR count). The Morgan fingerprint density at radius 2 is 2.05 bits per heavy atom. The predicted octanol–water partition coefficient (Wildman–Crippen LogP) is 1.55. The zero-order valence-electron chi connectivity index (χ0n) is 10.8. The first-order valence-electron chi connectivity index (χ1n) is 6.04. The molecular weight excluding hydrogens is 297 g/mol. The minimum absolute atomic E-state index is 0.0118. The molecule has 0 aliphatic rings. The minimum Gasteiger partial charge on any atom is -0.488 e. The van der Waals surface area contributed by atoms with Crippen LogP contribution in [-0.4, -0.2) is 23.5 Å². The molecule has 0 atom stereocenters. The fraction of sp³-hybridized carbons (Fsp3) is 0.0714. The largest absolute Gasteiger partial charge is 0.489 e. The molecule has 2 aromatic carbocycles. The smallest absolute Gasteiger partial charge is 0.488 e. The normalized spacial score (nSPS) is 10.3. The number of hydrogen-bond donors (Lipinski definition) is 2. The SMILES string of the molecule is O=Cc1c(OCc2ccc(Cl)c(F)c2)cccc1B(O)O. The van der Waals surface area contributed by atoms with Crippen molar-refractivity contribution in [2.45, 2.75) is 6.61 Å². The third kappa shape index (κ3) is 3.61. The maximum atomic E-state index is 13.3. The van der Waals surface area contributed by atoms with E-state index in [-0.39, 0.29) is 28.4 Å². The van der Waals surface area contributed by atoms with Gasteiger partial charge in [-0.1, -0.05) is 29.8 Å². The maximum absolute atomic E-state index is 13.3. The quantitative estimate of drug-likeness (QED) is 0.650. The van der Waals surface area contributed by atoms with Gasteiger partial charge in [0.05, 0.1) is 10.6 Å². The third-order valence-corrected chi connectivity index (χ3v) is 3.18. The first-order chi connectivity index (χ1) is 10.0. The van der Waals surface area contributed by atoms with Crippen LogP contribution < -0.4 is 10.2 Å². The number of rotatable bonds is 5. The Morgan fingerprint density at radius 3 is 2.67 bits per heavy atom. The Bertz CT molecular complexity index is 663. The number of carbonyl (C=O) groups is 1. The minimum atomic E-state index is -1.78. The van der Waals surface area contributed by atoms with Gasteiger partial charge in [0.15, 0.2) is 6.29 Å². The van der Waals surface area contributed by atoms with Crippen molar-refractivity contribution in [1.29, 1.82) is 0 Å². The van der Waals surface area contributed by atoms with E-state index in [2.05, 4.69) is 0 Å². The zero-order valence-corrected chi connectivity index (χ0v) is 11.5. The molecule has 0 fully saturated rings. The van der Waals surface area contributed by atoms with Gasteiger partial charge >= 0.3 is 7.12 Å². The molecule has 0 aliphatic heterocycles. The van der Waals surface area contributed by atoms with E-state index in [4.69, 9.17) is 16.3 Å². The van der Waals surface area contributed by atoms with Crippen LogP contribution >= 0.6 is 11.6 Å². The summed E-state index contributed by atoms with van der Waals surface area (Å²) >= 11 is 5.58. The molecule has 0 saturated carbocycles. The van der Waals surface area contributed by atoms with Crippen molar-refractivity contribution in [1.82, 2.24) is 0 Å². The summed E-state index contributed by atoms with van der Waals surface area (Å²) in [7, 11) is -1.78. The lowest BCUT2D eigenvalue weighted by atomic mass is 9.77. The van der Waals surface area contributed by atoms with E-state index in [0.717, 1.165) is 0 Å². The molecule has 2 aromatic rings. The summed E-state index contributed by atoms with van der Waals surface area (Å²) in [4.78, 5) is 11.1. The fourth-order valence-corrected chi connectivity index (χ4v) is 1.95.